The van der Waals surface area contributed by atoms with E-state index in [0.717, 1.165) is 19.3 Å². The molecule has 0 radical (unpaired) electrons. The summed E-state index contributed by atoms with van der Waals surface area (Å²) in [6.45, 7) is 4.16. The highest BCUT2D eigenvalue weighted by molar-refractivity contribution is 5.77. The molecule has 0 aromatic rings. The Morgan fingerprint density at radius 2 is 2.14 bits per heavy atom. The second-order valence-electron chi connectivity index (χ2n) is 4.07. The lowest BCUT2D eigenvalue weighted by atomic mass is 9.97. The fourth-order valence-electron chi connectivity index (χ4n) is 2.02. The number of carbonyl (C=O) groups is 1. The monoisotopic (exact) mass is 196 g/mol. The summed E-state index contributed by atoms with van der Waals surface area (Å²) in [6.07, 6.45) is 7.46. The Labute approximate surface area is 85.7 Å². The van der Waals surface area contributed by atoms with E-state index < -0.39 is 0 Å². The van der Waals surface area contributed by atoms with E-state index in [1.54, 1.807) is 6.08 Å². The summed E-state index contributed by atoms with van der Waals surface area (Å²) in [5.41, 5.74) is 5.61. The van der Waals surface area contributed by atoms with Crippen molar-refractivity contribution in [2.24, 2.45) is 5.73 Å². The first-order chi connectivity index (χ1) is 6.72. The molecule has 1 rings (SSSR count). The van der Waals surface area contributed by atoms with Crippen LogP contribution in [-0.4, -0.2) is 18.0 Å². The SMILES string of the molecule is C=CCCC(=O)NC1(CN)CCCC1. The first kappa shape index (κ1) is 11.2. The summed E-state index contributed by atoms with van der Waals surface area (Å²) in [5.74, 6) is 0.109. The minimum atomic E-state index is -0.0990. The van der Waals surface area contributed by atoms with Crippen molar-refractivity contribution in [1.29, 1.82) is 0 Å². The number of hydrogen-bond acceptors (Lipinski definition) is 2. The van der Waals surface area contributed by atoms with Gasteiger partial charge >= 0.3 is 0 Å². The van der Waals surface area contributed by atoms with Crippen molar-refractivity contribution in [1.82, 2.24) is 5.32 Å². The molecule has 1 amide bonds. The zero-order valence-electron chi connectivity index (χ0n) is 8.72. The average molecular weight is 196 g/mol. The maximum atomic E-state index is 11.5. The third-order valence-corrected chi connectivity index (χ3v) is 2.93. The Morgan fingerprint density at radius 1 is 1.50 bits per heavy atom. The number of amides is 1. The van der Waals surface area contributed by atoms with Crippen molar-refractivity contribution in [3.05, 3.63) is 12.7 Å². The number of carbonyl (C=O) groups excluding carboxylic acids is 1. The molecule has 14 heavy (non-hydrogen) atoms. The molecule has 0 aromatic heterocycles. The molecule has 0 heterocycles. The van der Waals surface area contributed by atoms with E-state index in [1.807, 2.05) is 0 Å². The quantitative estimate of drug-likeness (QED) is 0.652. The van der Waals surface area contributed by atoms with Gasteiger partial charge in [0.05, 0.1) is 5.54 Å². The van der Waals surface area contributed by atoms with Gasteiger partial charge in [-0.25, -0.2) is 0 Å². The topological polar surface area (TPSA) is 55.1 Å². The average Bonchev–Trinajstić information content (AvgIpc) is 2.64. The molecule has 0 bridgehead atoms. The Morgan fingerprint density at radius 3 is 2.64 bits per heavy atom. The number of hydrogen-bond donors (Lipinski definition) is 2. The van der Waals surface area contributed by atoms with Crippen LogP contribution in [0.5, 0.6) is 0 Å². The molecule has 3 nitrogen and oxygen atoms in total. The molecule has 0 atom stereocenters. The van der Waals surface area contributed by atoms with Crippen molar-refractivity contribution in [3.63, 3.8) is 0 Å². The molecule has 0 aromatic carbocycles. The van der Waals surface area contributed by atoms with E-state index in [1.165, 1.54) is 12.8 Å². The summed E-state index contributed by atoms with van der Waals surface area (Å²) in [5, 5.41) is 3.07. The van der Waals surface area contributed by atoms with E-state index in [2.05, 4.69) is 11.9 Å². The third kappa shape index (κ3) is 2.84. The van der Waals surface area contributed by atoms with Crippen LogP contribution in [-0.2, 0) is 4.79 Å². The molecule has 3 heteroatoms. The maximum absolute atomic E-state index is 11.5. The smallest absolute Gasteiger partial charge is 0.220 e. The Kier molecular flexibility index (Phi) is 4.14. The molecular formula is C11H20N2O. The fraction of sp³-hybridized carbons (Fsp3) is 0.727. The number of nitrogens with one attached hydrogen (secondary N) is 1. The van der Waals surface area contributed by atoms with Crippen LogP contribution in [0.4, 0.5) is 0 Å². The molecule has 1 saturated carbocycles. The largest absolute Gasteiger partial charge is 0.349 e. The second kappa shape index (κ2) is 5.15. The van der Waals surface area contributed by atoms with Gasteiger partial charge in [0.15, 0.2) is 0 Å². The lowest BCUT2D eigenvalue weighted by Crippen LogP contribution is -2.51. The van der Waals surface area contributed by atoms with Gasteiger partial charge in [-0.15, -0.1) is 6.58 Å². The second-order valence-corrected chi connectivity index (χ2v) is 4.07. The van der Waals surface area contributed by atoms with Gasteiger partial charge in [0.2, 0.25) is 5.91 Å². The highest BCUT2D eigenvalue weighted by Gasteiger charge is 2.33. The predicted octanol–water partition coefficient (Wildman–Crippen LogP) is 1.34. The number of rotatable bonds is 5. The van der Waals surface area contributed by atoms with Crippen LogP contribution in [0, 0.1) is 0 Å². The molecule has 1 aliphatic rings. The zero-order valence-corrected chi connectivity index (χ0v) is 8.72. The molecule has 0 saturated heterocycles. The van der Waals surface area contributed by atoms with E-state index >= 15 is 0 Å². The third-order valence-electron chi connectivity index (χ3n) is 2.93. The Hall–Kier alpha value is -0.830. The van der Waals surface area contributed by atoms with E-state index in [4.69, 9.17) is 5.73 Å². The van der Waals surface area contributed by atoms with Crippen LogP contribution in [0.15, 0.2) is 12.7 Å². The first-order valence-electron chi connectivity index (χ1n) is 5.34. The van der Waals surface area contributed by atoms with Crippen molar-refractivity contribution in [3.8, 4) is 0 Å². The van der Waals surface area contributed by atoms with Gasteiger partial charge in [-0.2, -0.15) is 0 Å². The van der Waals surface area contributed by atoms with Crippen molar-refractivity contribution >= 4 is 5.91 Å². The number of nitrogens with two attached hydrogens (primary N) is 1. The van der Waals surface area contributed by atoms with Crippen LogP contribution < -0.4 is 11.1 Å². The van der Waals surface area contributed by atoms with Crippen LogP contribution in [0.2, 0.25) is 0 Å². The minimum Gasteiger partial charge on any atom is -0.349 e. The van der Waals surface area contributed by atoms with Gasteiger partial charge in [-0.3, -0.25) is 4.79 Å². The standard InChI is InChI=1S/C11H20N2O/c1-2-3-6-10(14)13-11(9-12)7-4-5-8-11/h2H,1,3-9,12H2,(H,13,14). The molecule has 80 valence electrons. The summed E-state index contributed by atoms with van der Waals surface area (Å²) in [4.78, 5) is 11.5. The van der Waals surface area contributed by atoms with E-state index in [-0.39, 0.29) is 11.4 Å². The summed E-state index contributed by atoms with van der Waals surface area (Å²) < 4.78 is 0. The molecule has 3 N–H and O–H groups in total. The van der Waals surface area contributed by atoms with Gasteiger partial charge in [0.25, 0.3) is 0 Å². The lowest BCUT2D eigenvalue weighted by molar-refractivity contribution is -0.122. The van der Waals surface area contributed by atoms with Crippen LogP contribution in [0.3, 0.4) is 0 Å². The van der Waals surface area contributed by atoms with Gasteiger partial charge in [-0.1, -0.05) is 18.9 Å². The van der Waals surface area contributed by atoms with Gasteiger partial charge in [0, 0.05) is 13.0 Å². The van der Waals surface area contributed by atoms with Crippen molar-refractivity contribution in [2.75, 3.05) is 6.54 Å². The van der Waals surface area contributed by atoms with Crippen LogP contribution >= 0.6 is 0 Å². The molecule has 1 fully saturated rings. The van der Waals surface area contributed by atoms with E-state index in [0.29, 0.717) is 13.0 Å². The van der Waals surface area contributed by atoms with Gasteiger partial charge in [0.1, 0.15) is 0 Å². The van der Waals surface area contributed by atoms with E-state index in [9.17, 15) is 4.79 Å². The van der Waals surface area contributed by atoms with Crippen molar-refractivity contribution < 1.29 is 4.79 Å². The molecular weight excluding hydrogens is 176 g/mol. The highest BCUT2D eigenvalue weighted by Crippen LogP contribution is 2.28. The normalized spacial score (nSPS) is 19.2. The summed E-state index contributed by atoms with van der Waals surface area (Å²) in [7, 11) is 0. The molecule has 1 aliphatic carbocycles. The van der Waals surface area contributed by atoms with Crippen LogP contribution in [0.1, 0.15) is 38.5 Å². The molecule has 0 unspecified atom stereocenters. The van der Waals surface area contributed by atoms with Gasteiger partial charge in [-0.05, 0) is 19.3 Å². The summed E-state index contributed by atoms with van der Waals surface area (Å²) in [6, 6.07) is 0. The number of allylic oxidation sites excluding steroid dienone is 1. The van der Waals surface area contributed by atoms with Gasteiger partial charge < -0.3 is 11.1 Å². The lowest BCUT2D eigenvalue weighted by Gasteiger charge is -2.28. The first-order valence-corrected chi connectivity index (χ1v) is 5.34. The van der Waals surface area contributed by atoms with Crippen LogP contribution in [0.25, 0.3) is 0 Å². The zero-order chi connectivity index (χ0) is 10.4. The fourth-order valence-corrected chi connectivity index (χ4v) is 2.02. The highest BCUT2D eigenvalue weighted by atomic mass is 16.1. The minimum absolute atomic E-state index is 0.0990. The Bertz CT molecular complexity index is 207. The Balaban J connectivity index is 2.39. The van der Waals surface area contributed by atoms with Crippen molar-refractivity contribution in [2.45, 2.75) is 44.1 Å². The summed E-state index contributed by atoms with van der Waals surface area (Å²) >= 11 is 0. The molecule has 0 spiro atoms. The maximum Gasteiger partial charge on any atom is 0.220 e. The molecule has 0 aliphatic heterocycles. The predicted molar refractivity (Wildman–Crippen MR) is 57.8 cm³/mol.